The monoisotopic (exact) mass is 211 g/mol. The molecule has 0 amide bonds. The zero-order valence-corrected chi connectivity index (χ0v) is 7.99. The van der Waals surface area contributed by atoms with Gasteiger partial charge in [0.15, 0.2) is 10.8 Å². The second kappa shape index (κ2) is 2.95. The normalized spacial score (nSPS) is 10.7. The maximum atomic E-state index is 10.8. The summed E-state index contributed by atoms with van der Waals surface area (Å²) < 4.78 is 1.36. The van der Waals surface area contributed by atoms with Crippen molar-refractivity contribution in [3.8, 4) is 0 Å². The van der Waals surface area contributed by atoms with Crippen molar-refractivity contribution in [1.29, 1.82) is 0 Å². The van der Waals surface area contributed by atoms with E-state index in [1.807, 2.05) is 0 Å². The molecule has 0 bridgehead atoms. The number of rotatable bonds is 1. The highest BCUT2D eigenvalue weighted by Crippen LogP contribution is 2.14. The number of halogens is 1. The number of carboxylic acid groups (broad SMARTS) is 1. The Bertz CT molecular complexity index is 521. The van der Waals surface area contributed by atoms with Crippen molar-refractivity contribution in [1.82, 2.24) is 14.6 Å². The smallest absolute Gasteiger partial charge is 0.339 e. The standard InChI is InChI=1S/C8H6ClN3O2/c1-4-3-12-7(10-4)5(8(13)14)2-6(9)11-12/h2-3H,1H3,(H,13,14). The first kappa shape index (κ1) is 8.96. The SMILES string of the molecule is Cc1cn2nc(Cl)cc(C(=O)O)c2n1. The molecule has 0 saturated heterocycles. The van der Waals surface area contributed by atoms with Gasteiger partial charge in [0.2, 0.25) is 0 Å². The van der Waals surface area contributed by atoms with Crippen molar-refractivity contribution in [2.75, 3.05) is 0 Å². The predicted molar refractivity (Wildman–Crippen MR) is 49.7 cm³/mol. The first-order valence-electron chi connectivity index (χ1n) is 3.84. The van der Waals surface area contributed by atoms with E-state index in [1.54, 1.807) is 13.1 Å². The average molecular weight is 212 g/mol. The van der Waals surface area contributed by atoms with E-state index in [2.05, 4.69) is 10.1 Å². The second-order valence-corrected chi connectivity index (χ2v) is 3.22. The summed E-state index contributed by atoms with van der Waals surface area (Å²) in [5.41, 5.74) is 1.06. The summed E-state index contributed by atoms with van der Waals surface area (Å²) in [6, 6.07) is 1.28. The Morgan fingerprint density at radius 2 is 2.36 bits per heavy atom. The van der Waals surface area contributed by atoms with Gasteiger partial charge in [-0.05, 0) is 13.0 Å². The Hall–Kier alpha value is -1.62. The van der Waals surface area contributed by atoms with Gasteiger partial charge in [0.25, 0.3) is 0 Å². The minimum Gasteiger partial charge on any atom is -0.478 e. The number of imidazole rings is 1. The summed E-state index contributed by atoms with van der Waals surface area (Å²) in [6.45, 7) is 1.76. The van der Waals surface area contributed by atoms with Gasteiger partial charge in [-0.25, -0.2) is 14.3 Å². The Morgan fingerprint density at radius 1 is 1.64 bits per heavy atom. The Balaban J connectivity index is 2.85. The average Bonchev–Trinajstić information content (AvgIpc) is 2.42. The first-order chi connectivity index (χ1) is 6.58. The van der Waals surface area contributed by atoms with Gasteiger partial charge in [-0.2, -0.15) is 5.10 Å². The Morgan fingerprint density at radius 3 is 3.00 bits per heavy atom. The van der Waals surface area contributed by atoms with Gasteiger partial charge in [-0.1, -0.05) is 11.6 Å². The molecule has 0 aliphatic heterocycles. The van der Waals surface area contributed by atoms with E-state index in [9.17, 15) is 4.79 Å². The van der Waals surface area contributed by atoms with Crippen LogP contribution in [0.2, 0.25) is 5.15 Å². The highest BCUT2D eigenvalue weighted by molar-refractivity contribution is 6.29. The molecule has 6 heteroatoms. The molecule has 2 heterocycles. The van der Waals surface area contributed by atoms with Gasteiger partial charge >= 0.3 is 5.97 Å². The molecular formula is C8H6ClN3O2. The number of carbonyl (C=O) groups is 1. The van der Waals surface area contributed by atoms with E-state index in [1.165, 1.54) is 10.6 Å². The topological polar surface area (TPSA) is 67.5 Å². The summed E-state index contributed by atoms with van der Waals surface area (Å²) in [5, 5.41) is 12.9. The highest BCUT2D eigenvalue weighted by Gasteiger charge is 2.13. The molecule has 2 aromatic heterocycles. The summed E-state index contributed by atoms with van der Waals surface area (Å²) in [6.07, 6.45) is 1.62. The number of hydrogen-bond donors (Lipinski definition) is 1. The molecular weight excluding hydrogens is 206 g/mol. The van der Waals surface area contributed by atoms with Gasteiger partial charge in [-0.15, -0.1) is 0 Å². The first-order valence-corrected chi connectivity index (χ1v) is 4.21. The number of fused-ring (bicyclic) bond motifs is 1. The number of hydrogen-bond acceptors (Lipinski definition) is 3. The van der Waals surface area contributed by atoms with E-state index in [0.717, 1.165) is 0 Å². The zero-order valence-electron chi connectivity index (χ0n) is 7.23. The third kappa shape index (κ3) is 1.31. The third-order valence-electron chi connectivity index (χ3n) is 1.75. The Labute approximate surface area is 83.9 Å². The fraction of sp³-hybridized carbons (Fsp3) is 0.125. The summed E-state index contributed by atoms with van der Waals surface area (Å²) in [7, 11) is 0. The van der Waals surface area contributed by atoms with Crippen LogP contribution in [-0.2, 0) is 0 Å². The number of aromatic carboxylic acids is 1. The van der Waals surface area contributed by atoms with Crippen LogP contribution in [0.4, 0.5) is 0 Å². The van der Waals surface area contributed by atoms with Crippen LogP contribution in [0.5, 0.6) is 0 Å². The van der Waals surface area contributed by atoms with Crippen LogP contribution in [0.1, 0.15) is 16.1 Å². The van der Waals surface area contributed by atoms with Gasteiger partial charge in [0, 0.05) is 0 Å². The van der Waals surface area contributed by atoms with Crippen LogP contribution in [0.15, 0.2) is 12.3 Å². The molecule has 0 atom stereocenters. The van der Waals surface area contributed by atoms with Crippen molar-refractivity contribution in [2.24, 2.45) is 0 Å². The minimum absolute atomic E-state index is 0.0538. The third-order valence-corrected chi connectivity index (χ3v) is 1.93. The van der Waals surface area contributed by atoms with Crippen LogP contribution < -0.4 is 0 Å². The molecule has 0 aromatic carbocycles. The molecule has 1 N–H and O–H groups in total. The molecule has 0 aliphatic rings. The lowest BCUT2D eigenvalue weighted by Crippen LogP contribution is -2.03. The van der Waals surface area contributed by atoms with Crippen LogP contribution in [0.25, 0.3) is 5.65 Å². The van der Waals surface area contributed by atoms with Gasteiger partial charge in [0.1, 0.15) is 5.56 Å². The number of nitrogens with zero attached hydrogens (tertiary/aromatic N) is 3. The summed E-state index contributed by atoms with van der Waals surface area (Å²) >= 11 is 5.65. The van der Waals surface area contributed by atoms with E-state index in [0.29, 0.717) is 11.3 Å². The highest BCUT2D eigenvalue weighted by atomic mass is 35.5. The van der Waals surface area contributed by atoms with E-state index < -0.39 is 5.97 Å². The molecule has 0 unspecified atom stereocenters. The van der Waals surface area contributed by atoms with Gasteiger partial charge in [-0.3, -0.25) is 0 Å². The summed E-state index contributed by atoms with van der Waals surface area (Å²) in [4.78, 5) is 14.9. The number of carboxylic acids is 1. The Kier molecular flexibility index (Phi) is 1.89. The number of aryl methyl sites for hydroxylation is 1. The molecule has 14 heavy (non-hydrogen) atoms. The predicted octanol–water partition coefficient (Wildman–Crippen LogP) is 1.39. The summed E-state index contributed by atoms with van der Waals surface area (Å²) in [5.74, 6) is -1.06. The quantitative estimate of drug-likeness (QED) is 0.774. The lowest BCUT2D eigenvalue weighted by atomic mass is 10.3. The van der Waals surface area contributed by atoms with Crippen LogP contribution in [-0.4, -0.2) is 25.7 Å². The van der Waals surface area contributed by atoms with Crippen molar-refractivity contribution in [2.45, 2.75) is 6.92 Å². The van der Waals surface area contributed by atoms with Crippen molar-refractivity contribution in [3.05, 3.63) is 28.7 Å². The lowest BCUT2D eigenvalue weighted by molar-refractivity contribution is 0.0698. The molecule has 0 fully saturated rings. The molecule has 0 aliphatic carbocycles. The molecule has 0 saturated carbocycles. The zero-order chi connectivity index (χ0) is 10.3. The minimum atomic E-state index is -1.06. The van der Waals surface area contributed by atoms with E-state index >= 15 is 0 Å². The van der Waals surface area contributed by atoms with Crippen molar-refractivity contribution < 1.29 is 9.90 Å². The molecule has 5 nitrogen and oxygen atoms in total. The van der Waals surface area contributed by atoms with Gasteiger partial charge < -0.3 is 5.11 Å². The maximum absolute atomic E-state index is 10.8. The molecule has 0 spiro atoms. The largest absolute Gasteiger partial charge is 0.478 e. The van der Waals surface area contributed by atoms with Crippen LogP contribution in [0, 0.1) is 6.92 Å². The molecule has 2 aromatic rings. The molecule has 72 valence electrons. The van der Waals surface area contributed by atoms with E-state index in [4.69, 9.17) is 16.7 Å². The van der Waals surface area contributed by atoms with Crippen LogP contribution in [0.3, 0.4) is 0 Å². The molecule has 0 radical (unpaired) electrons. The van der Waals surface area contributed by atoms with E-state index in [-0.39, 0.29) is 10.7 Å². The molecule has 2 rings (SSSR count). The second-order valence-electron chi connectivity index (χ2n) is 2.84. The van der Waals surface area contributed by atoms with Gasteiger partial charge in [0.05, 0.1) is 11.9 Å². The maximum Gasteiger partial charge on any atom is 0.339 e. The van der Waals surface area contributed by atoms with Crippen molar-refractivity contribution in [3.63, 3.8) is 0 Å². The fourth-order valence-electron chi connectivity index (χ4n) is 1.22. The van der Waals surface area contributed by atoms with Crippen LogP contribution >= 0.6 is 11.6 Å². The van der Waals surface area contributed by atoms with Crippen molar-refractivity contribution >= 4 is 23.2 Å². The lowest BCUT2D eigenvalue weighted by Gasteiger charge is -1.97. The fourth-order valence-corrected chi connectivity index (χ4v) is 1.41. The number of aromatic nitrogens is 3.